The van der Waals surface area contributed by atoms with E-state index in [-0.39, 0.29) is 30.3 Å². The number of rotatable bonds is 15. The van der Waals surface area contributed by atoms with Gasteiger partial charge in [-0.25, -0.2) is 0 Å². The lowest BCUT2D eigenvalue weighted by molar-refractivity contribution is -0.136. The summed E-state index contributed by atoms with van der Waals surface area (Å²) < 4.78 is 28.7. The van der Waals surface area contributed by atoms with Gasteiger partial charge in [-0.3, -0.25) is 4.68 Å². The van der Waals surface area contributed by atoms with Gasteiger partial charge in [-0.2, -0.15) is 0 Å². The number of benzene rings is 4. The zero-order chi connectivity index (χ0) is 34.9. The van der Waals surface area contributed by atoms with E-state index < -0.39 is 0 Å². The monoisotopic (exact) mass is 670 g/mol. The summed E-state index contributed by atoms with van der Waals surface area (Å²) in [6.07, 6.45) is 2.92. The van der Waals surface area contributed by atoms with Crippen molar-refractivity contribution in [3.05, 3.63) is 160 Å². The number of nitrogens with zero attached hydrogens (tertiary/aromatic N) is 2. The average Bonchev–Trinajstić information content (AvgIpc) is 3.45. The molecular formula is C44H50N2O4. The number of ether oxygens (including phenoxy) is 4. The summed E-state index contributed by atoms with van der Waals surface area (Å²) in [6, 6.07) is 39.4. The normalized spacial score (nSPS) is 19.0. The molecule has 0 fully saturated rings. The maximum Gasteiger partial charge on any atom is 0.237 e. The van der Waals surface area contributed by atoms with Crippen molar-refractivity contribution in [3.8, 4) is 11.6 Å². The smallest absolute Gasteiger partial charge is 0.237 e. The van der Waals surface area contributed by atoms with E-state index in [1.165, 1.54) is 5.57 Å². The van der Waals surface area contributed by atoms with Gasteiger partial charge in [0.1, 0.15) is 24.6 Å². The molecule has 260 valence electrons. The number of aromatic nitrogens is 2. The Morgan fingerprint density at radius 3 is 1.76 bits per heavy atom. The minimum Gasteiger partial charge on any atom is -0.489 e. The predicted octanol–water partition coefficient (Wildman–Crippen LogP) is 9.85. The maximum absolute atomic E-state index is 7.01. The van der Waals surface area contributed by atoms with Gasteiger partial charge in [0.05, 0.1) is 19.3 Å². The standard InChI is InChI=1S/C44H50N2O4/c1-6-38-27-41(43(49-30-37-20-14-9-15-21-37)42(32(38)4)48-29-36-18-12-8-13-19-36)50-44-40(33(5)46(45-44)31(2)3)26-34-22-24-39(25-23-34)47-28-35-16-10-7-11-17-35/h7-25,27,31-32,41-43H,6,26,28-30H2,1-5H3/t32-,41-,42+,43+/m1/s1. The van der Waals surface area contributed by atoms with Crippen LogP contribution in [0.1, 0.15) is 73.7 Å². The van der Waals surface area contributed by atoms with Crippen LogP contribution < -0.4 is 9.47 Å². The molecule has 1 heterocycles. The first-order chi connectivity index (χ1) is 24.4. The minimum atomic E-state index is -0.381. The predicted molar refractivity (Wildman–Crippen MR) is 199 cm³/mol. The molecule has 0 aliphatic heterocycles. The molecule has 6 rings (SSSR count). The zero-order valence-electron chi connectivity index (χ0n) is 30.0. The third-order valence-electron chi connectivity index (χ3n) is 9.61. The summed E-state index contributed by atoms with van der Waals surface area (Å²) in [4.78, 5) is 0. The van der Waals surface area contributed by atoms with Crippen molar-refractivity contribution in [2.75, 3.05) is 0 Å². The van der Waals surface area contributed by atoms with Crippen molar-refractivity contribution >= 4 is 0 Å². The van der Waals surface area contributed by atoms with Gasteiger partial charge < -0.3 is 18.9 Å². The molecule has 4 aromatic carbocycles. The lowest BCUT2D eigenvalue weighted by Crippen LogP contribution is -2.50. The van der Waals surface area contributed by atoms with Crippen molar-refractivity contribution in [2.45, 2.75) is 91.6 Å². The molecule has 6 nitrogen and oxygen atoms in total. The molecule has 6 heteroatoms. The van der Waals surface area contributed by atoms with Gasteiger partial charge in [-0.15, -0.1) is 5.10 Å². The molecule has 0 saturated heterocycles. The van der Waals surface area contributed by atoms with E-state index in [4.69, 9.17) is 24.0 Å². The van der Waals surface area contributed by atoms with Crippen LogP contribution in [0.4, 0.5) is 0 Å². The Hall–Kier alpha value is -4.65. The third-order valence-corrected chi connectivity index (χ3v) is 9.61. The Labute approximate surface area is 297 Å². The zero-order valence-corrected chi connectivity index (χ0v) is 30.0. The summed E-state index contributed by atoms with van der Waals surface area (Å²) in [7, 11) is 0. The van der Waals surface area contributed by atoms with Gasteiger partial charge in [0, 0.05) is 29.6 Å². The summed E-state index contributed by atoms with van der Waals surface area (Å²) in [5, 5.41) is 5.07. The largest absolute Gasteiger partial charge is 0.489 e. The van der Waals surface area contributed by atoms with Crippen molar-refractivity contribution < 1.29 is 18.9 Å². The SMILES string of the molecule is CCC1=C[C@@H](Oc2nn(C(C)C)c(C)c2Cc2ccc(OCc3ccccc3)cc2)[C@H](OCc2ccccc2)[C@@H](OCc2ccccc2)[C@@H]1C. The average molecular weight is 671 g/mol. The van der Waals surface area contributed by atoms with Gasteiger partial charge in [0.2, 0.25) is 5.88 Å². The molecule has 50 heavy (non-hydrogen) atoms. The Balaban J connectivity index is 1.27. The highest BCUT2D eigenvalue weighted by molar-refractivity contribution is 5.39. The molecular weight excluding hydrogens is 620 g/mol. The third kappa shape index (κ3) is 8.73. The van der Waals surface area contributed by atoms with Gasteiger partial charge in [0.15, 0.2) is 0 Å². The van der Waals surface area contributed by atoms with Crippen LogP contribution in [0.2, 0.25) is 0 Å². The van der Waals surface area contributed by atoms with Crippen LogP contribution in [0, 0.1) is 12.8 Å². The fraction of sp³-hybridized carbons (Fsp3) is 0.341. The summed E-state index contributed by atoms with van der Waals surface area (Å²) in [6.45, 7) is 12.4. The van der Waals surface area contributed by atoms with Gasteiger partial charge in [0.25, 0.3) is 0 Å². The maximum atomic E-state index is 7.01. The molecule has 5 aromatic rings. The van der Waals surface area contributed by atoms with Crippen LogP contribution in [-0.2, 0) is 35.7 Å². The van der Waals surface area contributed by atoms with Crippen LogP contribution in [0.25, 0.3) is 0 Å². The fourth-order valence-electron chi connectivity index (χ4n) is 6.75. The highest BCUT2D eigenvalue weighted by Crippen LogP contribution is 2.36. The highest BCUT2D eigenvalue weighted by Gasteiger charge is 2.41. The molecule has 0 saturated carbocycles. The van der Waals surface area contributed by atoms with E-state index in [1.807, 2.05) is 54.6 Å². The summed E-state index contributed by atoms with van der Waals surface area (Å²) >= 11 is 0. The highest BCUT2D eigenvalue weighted by atomic mass is 16.6. The second kappa shape index (κ2) is 16.8. The molecule has 0 bridgehead atoms. The topological polar surface area (TPSA) is 54.7 Å². The van der Waals surface area contributed by atoms with Crippen LogP contribution in [0.15, 0.2) is 127 Å². The van der Waals surface area contributed by atoms with Crippen molar-refractivity contribution in [1.29, 1.82) is 0 Å². The Bertz CT molecular complexity index is 1800. The first-order valence-corrected chi connectivity index (χ1v) is 17.9. The molecule has 1 aliphatic rings. The van der Waals surface area contributed by atoms with Gasteiger partial charge in [-0.05, 0) is 67.7 Å². The molecule has 0 unspecified atom stereocenters. The van der Waals surface area contributed by atoms with E-state index in [9.17, 15) is 0 Å². The van der Waals surface area contributed by atoms with E-state index in [2.05, 4.69) is 106 Å². The molecule has 0 N–H and O–H groups in total. The van der Waals surface area contributed by atoms with E-state index in [0.29, 0.717) is 32.1 Å². The second-order valence-electron chi connectivity index (χ2n) is 13.5. The molecule has 4 atom stereocenters. The number of hydrogen-bond donors (Lipinski definition) is 0. The van der Waals surface area contributed by atoms with Crippen molar-refractivity contribution in [3.63, 3.8) is 0 Å². The van der Waals surface area contributed by atoms with E-state index in [1.54, 1.807) is 0 Å². The first-order valence-electron chi connectivity index (χ1n) is 17.9. The molecule has 0 amide bonds. The molecule has 0 spiro atoms. The Kier molecular flexibility index (Phi) is 11.9. The first kappa shape index (κ1) is 35.2. The van der Waals surface area contributed by atoms with Gasteiger partial charge >= 0.3 is 0 Å². The fourth-order valence-corrected chi connectivity index (χ4v) is 6.75. The lowest BCUT2D eigenvalue weighted by Gasteiger charge is -2.40. The van der Waals surface area contributed by atoms with Crippen LogP contribution in [0.3, 0.4) is 0 Å². The quantitative estimate of drug-likeness (QED) is 0.104. The number of hydrogen-bond acceptors (Lipinski definition) is 5. The van der Waals surface area contributed by atoms with Gasteiger partial charge in [-0.1, -0.05) is 123 Å². The summed E-state index contributed by atoms with van der Waals surface area (Å²) in [5.41, 5.74) is 8.04. The van der Waals surface area contributed by atoms with Crippen LogP contribution >= 0.6 is 0 Å². The molecule has 0 radical (unpaired) electrons. The van der Waals surface area contributed by atoms with Crippen molar-refractivity contribution in [2.24, 2.45) is 5.92 Å². The van der Waals surface area contributed by atoms with E-state index in [0.717, 1.165) is 45.7 Å². The lowest BCUT2D eigenvalue weighted by atomic mass is 9.81. The van der Waals surface area contributed by atoms with Crippen LogP contribution in [-0.4, -0.2) is 28.1 Å². The Morgan fingerprint density at radius 1 is 0.680 bits per heavy atom. The van der Waals surface area contributed by atoms with Crippen LogP contribution in [0.5, 0.6) is 11.6 Å². The molecule has 1 aliphatic carbocycles. The second-order valence-corrected chi connectivity index (χ2v) is 13.5. The molecule has 1 aromatic heterocycles. The minimum absolute atomic E-state index is 0.168. The van der Waals surface area contributed by atoms with E-state index >= 15 is 0 Å². The summed E-state index contributed by atoms with van der Waals surface area (Å²) in [5.74, 6) is 1.65. The van der Waals surface area contributed by atoms with Crippen molar-refractivity contribution in [1.82, 2.24) is 9.78 Å². The Morgan fingerprint density at radius 2 is 1.22 bits per heavy atom.